The SMILES string of the molecule is CC(=O)[O-].CCCCCCCCCCCCCCCCCC[N+](C)(C)OCC. The number of rotatable bonds is 19. The number of hydroxylamine groups is 3. The third-order valence-electron chi connectivity index (χ3n) is 5.03. The van der Waals surface area contributed by atoms with E-state index in [-0.39, 0.29) is 0 Å². The minimum absolute atomic E-state index is 0.717. The van der Waals surface area contributed by atoms with Crippen molar-refractivity contribution in [1.82, 2.24) is 0 Å². The topological polar surface area (TPSA) is 49.4 Å². The normalized spacial score (nSPS) is 11.2. The lowest BCUT2D eigenvalue weighted by atomic mass is 10.0. The largest absolute Gasteiger partial charge is 0.550 e. The van der Waals surface area contributed by atoms with E-state index in [1.165, 1.54) is 103 Å². The first kappa shape index (κ1) is 29.6. The molecular formula is C24H51NO3. The number of hydrogen-bond acceptors (Lipinski definition) is 3. The molecule has 0 aromatic rings. The van der Waals surface area contributed by atoms with Gasteiger partial charge in [-0.2, -0.15) is 4.65 Å². The Bertz CT molecular complexity index is 315. The Hall–Kier alpha value is -0.610. The zero-order chi connectivity index (χ0) is 21.5. The smallest absolute Gasteiger partial charge is 0.108 e. The van der Waals surface area contributed by atoms with Gasteiger partial charge in [0.1, 0.15) is 13.2 Å². The monoisotopic (exact) mass is 401 g/mol. The summed E-state index contributed by atoms with van der Waals surface area (Å²) in [6.45, 7) is 7.30. The van der Waals surface area contributed by atoms with Crippen molar-refractivity contribution in [3.63, 3.8) is 0 Å². The third kappa shape index (κ3) is 30.1. The highest BCUT2D eigenvalue weighted by Crippen LogP contribution is 2.14. The van der Waals surface area contributed by atoms with E-state index in [1.807, 2.05) is 0 Å². The molecule has 170 valence electrons. The third-order valence-corrected chi connectivity index (χ3v) is 5.03. The molecule has 4 heteroatoms. The minimum Gasteiger partial charge on any atom is -0.550 e. The van der Waals surface area contributed by atoms with Gasteiger partial charge in [0.25, 0.3) is 0 Å². The van der Waals surface area contributed by atoms with Gasteiger partial charge in [0.05, 0.1) is 14.1 Å². The molecule has 0 amide bonds. The Morgan fingerprint density at radius 2 is 0.964 bits per heavy atom. The summed E-state index contributed by atoms with van der Waals surface area (Å²) in [4.78, 5) is 14.6. The summed E-state index contributed by atoms with van der Waals surface area (Å²) in [5, 5.41) is 8.89. The summed E-state index contributed by atoms with van der Waals surface area (Å²) in [5.74, 6) is -1.08. The molecule has 0 aliphatic carbocycles. The van der Waals surface area contributed by atoms with Crippen LogP contribution in [0.25, 0.3) is 0 Å². The number of carboxylic acid groups (broad SMARTS) is 1. The maximum Gasteiger partial charge on any atom is 0.108 e. The molecule has 0 rings (SSSR count). The van der Waals surface area contributed by atoms with Gasteiger partial charge >= 0.3 is 0 Å². The van der Waals surface area contributed by atoms with Gasteiger partial charge in [-0.05, 0) is 26.7 Å². The van der Waals surface area contributed by atoms with Crippen LogP contribution < -0.4 is 5.11 Å². The Morgan fingerprint density at radius 1 is 0.679 bits per heavy atom. The van der Waals surface area contributed by atoms with Gasteiger partial charge in [0, 0.05) is 5.97 Å². The summed E-state index contributed by atoms with van der Waals surface area (Å²) >= 11 is 0. The van der Waals surface area contributed by atoms with Crippen molar-refractivity contribution >= 4 is 5.97 Å². The lowest BCUT2D eigenvalue weighted by Crippen LogP contribution is -2.40. The molecule has 0 heterocycles. The average Bonchev–Trinajstić information content (AvgIpc) is 2.61. The van der Waals surface area contributed by atoms with Crippen LogP contribution in [0.1, 0.15) is 124 Å². The number of aliphatic carboxylic acids is 1. The first-order valence-corrected chi connectivity index (χ1v) is 12.0. The number of carbonyl (C=O) groups excluding carboxylic acids is 1. The fraction of sp³-hybridized carbons (Fsp3) is 0.958. The summed E-state index contributed by atoms with van der Waals surface area (Å²) < 4.78 is 0.717. The first-order chi connectivity index (χ1) is 13.4. The van der Waals surface area contributed by atoms with Crippen molar-refractivity contribution in [2.24, 2.45) is 0 Å². The summed E-state index contributed by atoms with van der Waals surface area (Å²) in [6, 6.07) is 0. The van der Waals surface area contributed by atoms with Gasteiger partial charge < -0.3 is 9.90 Å². The van der Waals surface area contributed by atoms with Crippen LogP contribution in [0.15, 0.2) is 0 Å². The van der Waals surface area contributed by atoms with Gasteiger partial charge in [-0.3, -0.25) is 0 Å². The predicted octanol–water partition coefficient (Wildman–Crippen LogP) is 6.03. The zero-order valence-corrected chi connectivity index (χ0v) is 19.9. The second kappa shape index (κ2) is 22.7. The highest BCUT2D eigenvalue weighted by Gasteiger charge is 2.14. The summed E-state index contributed by atoms with van der Waals surface area (Å²) in [7, 11) is 4.32. The standard InChI is InChI=1S/C22H48NO.C2H4O2/c1-5-7-8-9-10-11-12-13-14-15-16-17-18-19-20-21-22-23(3,4)24-6-2;1-2(3)4/h5-22H2,1-4H3;1H3,(H,3,4)/q+1;/p-1. The second-order valence-electron chi connectivity index (χ2n) is 8.51. The van der Waals surface area contributed by atoms with E-state index in [0.717, 1.165) is 24.7 Å². The van der Waals surface area contributed by atoms with Crippen molar-refractivity contribution in [3.05, 3.63) is 0 Å². The van der Waals surface area contributed by atoms with E-state index in [2.05, 4.69) is 27.9 Å². The molecule has 0 radical (unpaired) electrons. The quantitative estimate of drug-likeness (QED) is 0.151. The molecule has 0 N–H and O–H groups in total. The molecule has 0 saturated heterocycles. The van der Waals surface area contributed by atoms with Crippen LogP contribution >= 0.6 is 0 Å². The number of carbonyl (C=O) groups is 1. The van der Waals surface area contributed by atoms with E-state index >= 15 is 0 Å². The number of quaternary nitrogens is 1. The predicted molar refractivity (Wildman–Crippen MR) is 119 cm³/mol. The summed E-state index contributed by atoms with van der Waals surface area (Å²) in [6.07, 6.45) is 22.9. The minimum atomic E-state index is -1.08. The van der Waals surface area contributed by atoms with Gasteiger partial charge in [-0.15, -0.1) is 0 Å². The van der Waals surface area contributed by atoms with Gasteiger partial charge in [0.2, 0.25) is 0 Å². The van der Waals surface area contributed by atoms with Crippen LogP contribution in [0.3, 0.4) is 0 Å². The molecule has 0 saturated carbocycles. The molecule has 0 spiro atoms. The molecule has 0 fully saturated rings. The molecule has 4 nitrogen and oxygen atoms in total. The van der Waals surface area contributed by atoms with Crippen molar-refractivity contribution in [1.29, 1.82) is 0 Å². The van der Waals surface area contributed by atoms with E-state index in [9.17, 15) is 0 Å². The van der Waals surface area contributed by atoms with Gasteiger partial charge in [0.15, 0.2) is 0 Å². The van der Waals surface area contributed by atoms with E-state index < -0.39 is 5.97 Å². The van der Waals surface area contributed by atoms with Crippen molar-refractivity contribution < 1.29 is 19.4 Å². The number of carboxylic acids is 1. The molecule has 0 aliphatic rings. The Kier molecular flexibility index (Phi) is 24.0. The van der Waals surface area contributed by atoms with E-state index in [4.69, 9.17) is 14.7 Å². The number of hydrogen-bond donors (Lipinski definition) is 0. The van der Waals surface area contributed by atoms with Crippen LogP contribution in [0.4, 0.5) is 0 Å². The fourth-order valence-corrected chi connectivity index (χ4v) is 3.45. The molecule has 0 aliphatic heterocycles. The fourth-order valence-electron chi connectivity index (χ4n) is 3.45. The van der Waals surface area contributed by atoms with Crippen molar-refractivity contribution in [2.75, 3.05) is 27.2 Å². The van der Waals surface area contributed by atoms with Crippen LogP contribution in [0, 0.1) is 0 Å². The lowest BCUT2D eigenvalue weighted by molar-refractivity contribution is -1.08. The zero-order valence-electron chi connectivity index (χ0n) is 19.9. The number of nitrogens with zero attached hydrogens (tertiary/aromatic N) is 1. The van der Waals surface area contributed by atoms with Crippen LogP contribution in [0.2, 0.25) is 0 Å². The molecule has 0 aromatic carbocycles. The summed E-state index contributed by atoms with van der Waals surface area (Å²) in [5.41, 5.74) is 0. The van der Waals surface area contributed by atoms with Crippen LogP contribution in [-0.2, 0) is 9.63 Å². The Morgan fingerprint density at radius 3 is 1.25 bits per heavy atom. The maximum atomic E-state index is 8.89. The first-order valence-electron chi connectivity index (χ1n) is 12.0. The Labute approximate surface area is 176 Å². The van der Waals surface area contributed by atoms with Gasteiger partial charge in [-0.25, -0.2) is 4.84 Å². The van der Waals surface area contributed by atoms with Crippen molar-refractivity contribution in [2.45, 2.75) is 124 Å². The van der Waals surface area contributed by atoms with E-state index in [1.54, 1.807) is 0 Å². The Balaban J connectivity index is 0. The number of unbranched alkanes of at least 4 members (excludes halogenated alkanes) is 15. The average molecular weight is 402 g/mol. The second-order valence-corrected chi connectivity index (χ2v) is 8.51. The highest BCUT2D eigenvalue weighted by molar-refractivity contribution is 5.60. The maximum absolute atomic E-state index is 8.89. The molecule has 28 heavy (non-hydrogen) atoms. The molecular weight excluding hydrogens is 350 g/mol. The van der Waals surface area contributed by atoms with Crippen molar-refractivity contribution in [3.8, 4) is 0 Å². The van der Waals surface area contributed by atoms with Crippen LogP contribution in [0.5, 0.6) is 0 Å². The highest BCUT2D eigenvalue weighted by atomic mass is 16.7. The van der Waals surface area contributed by atoms with Gasteiger partial charge in [-0.1, -0.05) is 96.8 Å². The van der Waals surface area contributed by atoms with E-state index in [0.29, 0.717) is 0 Å². The lowest BCUT2D eigenvalue weighted by Gasteiger charge is -2.26. The molecule has 0 bridgehead atoms. The van der Waals surface area contributed by atoms with Crippen LogP contribution in [-0.4, -0.2) is 37.9 Å². The molecule has 0 unspecified atom stereocenters. The molecule has 0 aromatic heterocycles. The molecule has 0 atom stereocenters.